The molecule has 10 heteroatoms. The Morgan fingerprint density at radius 1 is 1.10 bits per heavy atom. The molecule has 7 nitrogen and oxygen atoms in total. The fraction of sp³-hybridized carbons (Fsp3) is 0.316. The van der Waals surface area contributed by atoms with E-state index in [1.807, 2.05) is 6.07 Å². The van der Waals surface area contributed by atoms with Crippen LogP contribution in [0.2, 0.25) is 5.02 Å². The molecule has 1 heterocycles. The number of sulfonamides is 1. The molecular formula is C19H20ClFN2O5S. The average molecular weight is 443 g/mol. The zero-order valence-electron chi connectivity index (χ0n) is 15.4. The van der Waals surface area contributed by atoms with Gasteiger partial charge in [-0.2, -0.15) is 0 Å². The zero-order valence-corrected chi connectivity index (χ0v) is 17.0. The van der Waals surface area contributed by atoms with E-state index in [0.29, 0.717) is 42.7 Å². The molecule has 0 saturated heterocycles. The van der Waals surface area contributed by atoms with Gasteiger partial charge in [0.2, 0.25) is 15.9 Å². The van der Waals surface area contributed by atoms with E-state index in [1.54, 1.807) is 6.07 Å². The van der Waals surface area contributed by atoms with Crippen LogP contribution in [0, 0.1) is 5.82 Å². The molecule has 0 aliphatic carbocycles. The van der Waals surface area contributed by atoms with Gasteiger partial charge >= 0.3 is 0 Å². The van der Waals surface area contributed by atoms with Gasteiger partial charge in [0.15, 0.2) is 11.5 Å². The summed E-state index contributed by atoms with van der Waals surface area (Å²) in [5, 5.41) is 3.18. The molecule has 0 unspecified atom stereocenters. The van der Waals surface area contributed by atoms with E-state index in [1.165, 1.54) is 0 Å². The molecule has 0 saturated carbocycles. The molecule has 2 aromatic carbocycles. The molecule has 0 fully saturated rings. The largest absolute Gasteiger partial charge is 0.486 e. The molecule has 1 aliphatic rings. The third kappa shape index (κ3) is 5.81. The molecule has 2 N–H and O–H groups in total. The molecule has 0 atom stereocenters. The second-order valence-electron chi connectivity index (χ2n) is 6.30. The summed E-state index contributed by atoms with van der Waals surface area (Å²) in [4.78, 5) is 11.9. The van der Waals surface area contributed by atoms with Gasteiger partial charge in [-0.3, -0.25) is 4.79 Å². The van der Waals surface area contributed by atoms with Crippen LogP contribution in [0.5, 0.6) is 11.5 Å². The van der Waals surface area contributed by atoms with Crippen molar-refractivity contribution < 1.29 is 27.1 Å². The summed E-state index contributed by atoms with van der Waals surface area (Å²) in [6, 6.07) is 8.03. The van der Waals surface area contributed by atoms with Crippen LogP contribution in [0.25, 0.3) is 0 Å². The number of rotatable bonds is 8. The maximum absolute atomic E-state index is 12.9. The van der Waals surface area contributed by atoms with Crippen LogP contribution in [0.4, 0.5) is 4.39 Å². The predicted molar refractivity (Wildman–Crippen MR) is 105 cm³/mol. The standard InChI is InChI=1S/C19H20ClFN2O5S/c20-16-11-13(12-17-19(16)28-10-9-27-17)5-7-22-18(24)6-8-23-29(25,26)15-3-1-14(21)2-4-15/h1-4,11-12,23H,5-10H2,(H,22,24). The number of carbonyl (C=O) groups is 1. The molecule has 3 rings (SSSR count). The molecule has 2 aromatic rings. The molecule has 0 aromatic heterocycles. The summed E-state index contributed by atoms with van der Waals surface area (Å²) < 4.78 is 50.3. The maximum Gasteiger partial charge on any atom is 0.240 e. The third-order valence-electron chi connectivity index (χ3n) is 4.16. The number of nitrogens with one attached hydrogen (secondary N) is 2. The smallest absolute Gasteiger partial charge is 0.240 e. The Kier molecular flexibility index (Phi) is 6.94. The molecule has 0 bridgehead atoms. The van der Waals surface area contributed by atoms with Crippen LogP contribution in [-0.2, 0) is 21.2 Å². The number of hydrogen-bond acceptors (Lipinski definition) is 5. The quantitative estimate of drug-likeness (QED) is 0.654. The first-order valence-corrected chi connectivity index (χ1v) is 10.8. The number of amides is 1. The number of hydrogen-bond donors (Lipinski definition) is 2. The van der Waals surface area contributed by atoms with Crippen LogP contribution in [0.1, 0.15) is 12.0 Å². The van der Waals surface area contributed by atoms with Gasteiger partial charge in [-0.1, -0.05) is 11.6 Å². The van der Waals surface area contributed by atoms with E-state index in [4.69, 9.17) is 21.1 Å². The van der Waals surface area contributed by atoms with Gasteiger partial charge in [0.05, 0.1) is 9.92 Å². The zero-order chi connectivity index (χ0) is 20.9. The fourth-order valence-electron chi connectivity index (χ4n) is 2.74. The number of fused-ring (bicyclic) bond motifs is 1. The SMILES string of the molecule is O=C(CCNS(=O)(=O)c1ccc(F)cc1)NCCc1cc(Cl)c2c(c1)OCCO2. The summed E-state index contributed by atoms with van der Waals surface area (Å²) in [5.74, 6) is 0.289. The van der Waals surface area contributed by atoms with Crippen LogP contribution in [0.3, 0.4) is 0 Å². The Bertz CT molecular complexity index is 983. The summed E-state index contributed by atoms with van der Waals surface area (Å²) >= 11 is 6.18. The van der Waals surface area contributed by atoms with Crippen molar-refractivity contribution in [1.82, 2.24) is 10.0 Å². The Morgan fingerprint density at radius 3 is 2.59 bits per heavy atom. The van der Waals surface area contributed by atoms with E-state index in [9.17, 15) is 17.6 Å². The summed E-state index contributed by atoms with van der Waals surface area (Å²) in [6.07, 6.45) is 0.506. The van der Waals surface area contributed by atoms with Crippen LogP contribution < -0.4 is 19.5 Å². The van der Waals surface area contributed by atoms with Gasteiger partial charge in [-0.05, 0) is 48.4 Å². The highest BCUT2D eigenvalue weighted by molar-refractivity contribution is 7.89. The van der Waals surface area contributed by atoms with Gasteiger partial charge < -0.3 is 14.8 Å². The second kappa shape index (κ2) is 9.43. The van der Waals surface area contributed by atoms with Crippen molar-refractivity contribution in [1.29, 1.82) is 0 Å². The highest BCUT2D eigenvalue weighted by Crippen LogP contribution is 2.38. The lowest BCUT2D eigenvalue weighted by molar-refractivity contribution is -0.120. The monoisotopic (exact) mass is 442 g/mol. The summed E-state index contributed by atoms with van der Waals surface area (Å²) in [6.45, 7) is 1.20. The molecule has 1 aliphatic heterocycles. The van der Waals surface area contributed by atoms with Crippen molar-refractivity contribution in [3.63, 3.8) is 0 Å². The molecule has 0 spiro atoms. The Hall–Kier alpha value is -2.36. The number of ether oxygens (including phenoxy) is 2. The first kappa shape index (κ1) is 21.4. The Labute approximate surface area is 173 Å². The average Bonchev–Trinajstić information content (AvgIpc) is 2.68. The van der Waals surface area contributed by atoms with E-state index >= 15 is 0 Å². The van der Waals surface area contributed by atoms with Crippen molar-refractivity contribution >= 4 is 27.5 Å². The minimum atomic E-state index is -3.79. The highest BCUT2D eigenvalue weighted by Gasteiger charge is 2.17. The van der Waals surface area contributed by atoms with Gasteiger partial charge in [0.1, 0.15) is 19.0 Å². The van der Waals surface area contributed by atoms with Crippen molar-refractivity contribution in [2.75, 3.05) is 26.3 Å². The first-order valence-electron chi connectivity index (χ1n) is 8.95. The molecule has 29 heavy (non-hydrogen) atoms. The lowest BCUT2D eigenvalue weighted by Gasteiger charge is -2.20. The number of halogens is 2. The minimum Gasteiger partial charge on any atom is -0.486 e. The van der Waals surface area contributed by atoms with E-state index in [-0.39, 0.29) is 23.8 Å². The summed E-state index contributed by atoms with van der Waals surface area (Å²) in [5.41, 5.74) is 0.886. The lowest BCUT2D eigenvalue weighted by atomic mass is 10.1. The molecule has 0 radical (unpaired) electrons. The lowest BCUT2D eigenvalue weighted by Crippen LogP contribution is -2.31. The van der Waals surface area contributed by atoms with Crippen molar-refractivity contribution in [2.45, 2.75) is 17.7 Å². The van der Waals surface area contributed by atoms with Gasteiger partial charge in [0.25, 0.3) is 0 Å². The predicted octanol–water partition coefficient (Wildman–Crippen LogP) is 2.28. The van der Waals surface area contributed by atoms with E-state index in [0.717, 1.165) is 29.8 Å². The first-order chi connectivity index (χ1) is 13.8. The number of carbonyl (C=O) groups excluding carboxylic acids is 1. The molecule has 1 amide bonds. The Morgan fingerprint density at radius 2 is 1.83 bits per heavy atom. The fourth-order valence-corrected chi connectivity index (χ4v) is 4.06. The van der Waals surface area contributed by atoms with Crippen molar-refractivity contribution in [3.8, 4) is 11.5 Å². The Balaban J connectivity index is 1.42. The highest BCUT2D eigenvalue weighted by atomic mass is 35.5. The van der Waals surface area contributed by atoms with Crippen molar-refractivity contribution in [3.05, 3.63) is 52.8 Å². The third-order valence-corrected chi connectivity index (χ3v) is 5.92. The summed E-state index contributed by atoms with van der Waals surface area (Å²) in [7, 11) is -3.79. The topological polar surface area (TPSA) is 93.7 Å². The van der Waals surface area contributed by atoms with Crippen LogP contribution in [0.15, 0.2) is 41.3 Å². The van der Waals surface area contributed by atoms with Crippen LogP contribution in [-0.4, -0.2) is 40.6 Å². The van der Waals surface area contributed by atoms with Gasteiger partial charge in [-0.25, -0.2) is 17.5 Å². The van der Waals surface area contributed by atoms with Crippen molar-refractivity contribution in [2.24, 2.45) is 0 Å². The maximum atomic E-state index is 12.9. The molecular weight excluding hydrogens is 423 g/mol. The minimum absolute atomic E-state index is 0.0255. The van der Waals surface area contributed by atoms with E-state index in [2.05, 4.69) is 10.0 Å². The van der Waals surface area contributed by atoms with Gasteiger partial charge in [0, 0.05) is 19.5 Å². The molecule has 156 valence electrons. The van der Waals surface area contributed by atoms with Gasteiger partial charge in [-0.15, -0.1) is 0 Å². The van der Waals surface area contributed by atoms with E-state index < -0.39 is 15.8 Å². The second-order valence-corrected chi connectivity index (χ2v) is 8.48. The normalized spacial score (nSPS) is 13.2. The van der Waals surface area contributed by atoms with Crippen LogP contribution >= 0.6 is 11.6 Å². The number of benzene rings is 2.